The van der Waals surface area contributed by atoms with Gasteiger partial charge < -0.3 is 29.0 Å². The van der Waals surface area contributed by atoms with Crippen LogP contribution >= 0.6 is 11.3 Å². The number of nitrogens with zero attached hydrogens (tertiary/aromatic N) is 1. The van der Waals surface area contributed by atoms with Gasteiger partial charge in [0.25, 0.3) is 0 Å². The number of hydrogen-bond acceptors (Lipinski definition) is 12. The summed E-state index contributed by atoms with van der Waals surface area (Å²) < 4.78 is 29.2. The third-order valence-corrected chi connectivity index (χ3v) is 6.39. The fourth-order valence-corrected chi connectivity index (χ4v) is 4.93. The van der Waals surface area contributed by atoms with E-state index < -0.39 is 67.0 Å². The lowest BCUT2D eigenvalue weighted by atomic mass is 9.96. The van der Waals surface area contributed by atoms with E-state index in [0.29, 0.717) is 5.52 Å². The van der Waals surface area contributed by atoms with E-state index in [1.54, 1.807) is 24.3 Å². The van der Waals surface area contributed by atoms with Crippen molar-refractivity contribution in [2.75, 3.05) is 6.61 Å². The molecular formula is C24H28N2O11S. The van der Waals surface area contributed by atoms with Crippen molar-refractivity contribution in [1.82, 2.24) is 9.88 Å². The number of aryl methyl sites for hydroxylation is 1. The van der Waals surface area contributed by atoms with Crippen molar-refractivity contribution >= 4 is 51.3 Å². The van der Waals surface area contributed by atoms with E-state index >= 15 is 0 Å². The van der Waals surface area contributed by atoms with Crippen LogP contribution in [-0.4, -0.2) is 71.6 Å². The fraction of sp³-hybridized carbons (Fsp3) is 0.500. The van der Waals surface area contributed by atoms with Crippen LogP contribution in [0.3, 0.4) is 0 Å². The second-order valence-corrected chi connectivity index (χ2v) is 9.44. The number of thiazole rings is 1. The fourth-order valence-electron chi connectivity index (χ4n) is 4.01. The molecule has 0 unspecified atom stereocenters. The predicted molar refractivity (Wildman–Crippen MR) is 131 cm³/mol. The molecule has 0 aliphatic carbocycles. The van der Waals surface area contributed by atoms with Gasteiger partial charge in [-0.05, 0) is 12.1 Å². The Morgan fingerprint density at radius 1 is 0.947 bits per heavy atom. The van der Waals surface area contributed by atoms with Crippen LogP contribution in [-0.2, 0) is 54.2 Å². The lowest BCUT2D eigenvalue weighted by Gasteiger charge is -2.44. The average Bonchev–Trinajstić information content (AvgIpc) is 3.14. The van der Waals surface area contributed by atoms with Crippen molar-refractivity contribution in [2.45, 2.75) is 71.3 Å². The first-order valence-corrected chi connectivity index (χ1v) is 12.5. The van der Waals surface area contributed by atoms with Gasteiger partial charge in [-0.1, -0.05) is 23.5 Å². The summed E-state index contributed by atoms with van der Waals surface area (Å²) in [6.07, 6.45) is -5.61. The third-order valence-electron chi connectivity index (χ3n) is 5.43. The molecule has 0 radical (unpaired) electrons. The minimum Gasteiger partial charge on any atom is -0.463 e. The summed E-state index contributed by atoms with van der Waals surface area (Å²) in [6.45, 7) is 4.14. The number of esters is 4. The van der Waals surface area contributed by atoms with Gasteiger partial charge in [0.05, 0.1) is 16.6 Å². The second kappa shape index (κ2) is 12.6. The first-order valence-electron chi connectivity index (χ1n) is 11.6. The van der Waals surface area contributed by atoms with E-state index in [2.05, 4.69) is 5.32 Å². The van der Waals surface area contributed by atoms with Crippen molar-refractivity contribution in [3.05, 3.63) is 33.9 Å². The molecular weight excluding hydrogens is 524 g/mol. The minimum atomic E-state index is -1.51. The molecule has 38 heavy (non-hydrogen) atoms. The number of rotatable bonds is 9. The molecule has 1 amide bonds. The molecule has 3 rings (SSSR count). The summed E-state index contributed by atoms with van der Waals surface area (Å²) in [4.78, 5) is 72.1. The molecule has 2 heterocycles. The molecule has 1 fully saturated rings. The van der Waals surface area contributed by atoms with Crippen LogP contribution in [0.25, 0.3) is 10.2 Å². The SMILES string of the molecule is CC(=O)N[C@@H]1[C@@H](OC(=O)CCn2c(=O)sc3ccccc32)O[C@@H](COC(C)=O)[C@@H](OC(C)=O)[C@@H]1OC(C)=O. The standard InChI is InChI=1S/C24H28N2O11S/c1-12(27)25-20-22(35-15(4)30)21(34-14(3)29)17(11-33-13(2)28)36-23(20)37-19(31)9-10-26-16-7-5-6-8-18(16)38-24(26)32/h5-8,17,20-23H,9-11H2,1-4H3,(H,25,27)/t17-,20-,21+,22+,23+/m0/s1. The summed E-state index contributed by atoms with van der Waals surface area (Å²) >= 11 is 1.04. The molecule has 1 aliphatic heterocycles. The Bertz CT molecular complexity index is 1270. The summed E-state index contributed by atoms with van der Waals surface area (Å²) in [6, 6.07) is 5.85. The van der Waals surface area contributed by atoms with E-state index in [1.165, 1.54) is 11.5 Å². The van der Waals surface area contributed by atoms with E-state index in [9.17, 15) is 28.8 Å². The Morgan fingerprint density at radius 3 is 2.24 bits per heavy atom. The predicted octanol–water partition coefficient (Wildman–Crippen LogP) is 0.652. The maximum atomic E-state index is 12.8. The highest BCUT2D eigenvalue weighted by Crippen LogP contribution is 2.28. The zero-order valence-corrected chi connectivity index (χ0v) is 22.0. The third kappa shape index (κ3) is 7.38. The van der Waals surface area contributed by atoms with Gasteiger partial charge in [0, 0.05) is 34.2 Å². The Balaban J connectivity index is 1.85. The second-order valence-electron chi connectivity index (χ2n) is 8.45. The van der Waals surface area contributed by atoms with Crippen LogP contribution < -0.4 is 10.2 Å². The maximum absolute atomic E-state index is 12.8. The number of fused-ring (bicyclic) bond motifs is 1. The lowest BCUT2D eigenvalue weighted by Crippen LogP contribution is -2.66. The molecule has 0 spiro atoms. The van der Waals surface area contributed by atoms with Gasteiger partial charge in [0.1, 0.15) is 18.8 Å². The van der Waals surface area contributed by atoms with E-state index in [1.807, 2.05) is 0 Å². The molecule has 1 aromatic heterocycles. The zero-order valence-electron chi connectivity index (χ0n) is 21.2. The summed E-state index contributed by atoms with van der Waals surface area (Å²) in [7, 11) is 0. The number of benzene rings is 1. The number of carbonyl (C=O) groups is 5. The Kier molecular flexibility index (Phi) is 9.58. The van der Waals surface area contributed by atoms with Crippen molar-refractivity contribution in [3.8, 4) is 0 Å². The number of para-hydroxylation sites is 1. The van der Waals surface area contributed by atoms with Crippen molar-refractivity contribution in [3.63, 3.8) is 0 Å². The van der Waals surface area contributed by atoms with Crippen LogP contribution in [0.1, 0.15) is 34.1 Å². The molecule has 13 nitrogen and oxygen atoms in total. The molecule has 0 bridgehead atoms. The molecule has 1 aromatic carbocycles. The molecule has 1 N–H and O–H groups in total. The average molecular weight is 553 g/mol. The molecule has 2 aromatic rings. The first kappa shape index (κ1) is 28.8. The summed E-state index contributed by atoms with van der Waals surface area (Å²) in [5.41, 5.74) is 0.668. The van der Waals surface area contributed by atoms with E-state index in [4.69, 9.17) is 23.7 Å². The molecule has 14 heteroatoms. The van der Waals surface area contributed by atoms with Crippen molar-refractivity contribution in [2.24, 2.45) is 0 Å². The van der Waals surface area contributed by atoms with Gasteiger partial charge in [0.15, 0.2) is 12.2 Å². The Hall–Kier alpha value is -3.78. The van der Waals surface area contributed by atoms with Crippen LogP contribution in [0, 0.1) is 0 Å². The van der Waals surface area contributed by atoms with Crippen LogP contribution in [0.5, 0.6) is 0 Å². The summed E-state index contributed by atoms with van der Waals surface area (Å²) in [5, 5.41) is 2.51. The Morgan fingerprint density at radius 2 is 1.61 bits per heavy atom. The van der Waals surface area contributed by atoms with E-state index in [-0.39, 0.29) is 17.8 Å². The van der Waals surface area contributed by atoms with Gasteiger partial charge in [-0.3, -0.25) is 33.3 Å². The number of nitrogens with one attached hydrogen (secondary N) is 1. The molecule has 0 saturated carbocycles. The Labute approximate surface area is 220 Å². The zero-order chi connectivity index (χ0) is 28.0. The minimum absolute atomic E-state index is 0.0134. The topological polar surface area (TPSA) is 166 Å². The highest BCUT2D eigenvalue weighted by molar-refractivity contribution is 7.16. The quantitative estimate of drug-likeness (QED) is 0.343. The molecule has 1 aliphatic rings. The molecule has 5 atom stereocenters. The first-order chi connectivity index (χ1) is 18.0. The molecule has 206 valence electrons. The van der Waals surface area contributed by atoms with Gasteiger partial charge >= 0.3 is 28.8 Å². The van der Waals surface area contributed by atoms with Crippen molar-refractivity contribution < 1.29 is 47.7 Å². The number of aromatic nitrogens is 1. The van der Waals surface area contributed by atoms with Gasteiger partial charge in [-0.2, -0.15) is 0 Å². The van der Waals surface area contributed by atoms with Crippen LogP contribution in [0.2, 0.25) is 0 Å². The largest absolute Gasteiger partial charge is 0.463 e. The highest BCUT2D eigenvalue weighted by Gasteiger charge is 2.52. The van der Waals surface area contributed by atoms with Crippen molar-refractivity contribution in [1.29, 1.82) is 0 Å². The highest BCUT2D eigenvalue weighted by atomic mass is 32.1. The normalized spacial score (nSPS) is 22.8. The van der Waals surface area contributed by atoms with Crippen LogP contribution in [0.15, 0.2) is 29.1 Å². The number of ether oxygens (including phenoxy) is 5. The number of hydrogen-bond donors (Lipinski definition) is 1. The van der Waals surface area contributed by atoms with E-state index in [0.717, 1.165) is 36.8 Å². The smallest absolute Gasteiger partial charge is 0.309 e. The summed E-state index contributed by atoms with van der Waals surface area (Å²) in [5.74, 6) is -3.55. The van der Waals surface area contributed by atoms with Gasteiger partial charge in [-0.25, -0.2) is 0 Å². The number of amides is 1. The van der Waals surface area contributed by atoms with Gasteiger partial charge in [-0.15, -0.1) is 0 Å². The number of carbonyl (C=O) groups excluding carboxylic acids is 5. The molecule has 1 saturated heterocycles. The maximum Gasteiger partial charge on any atom is 0.309 e. The lowest BCUT2D eigenvalue weighted by molar-refractivity contribution is -0.271. The monoisotopic (exact) mass is 552 g/mol. The van der Waals surface area contributed by atoms with Crippen LogP contribution in [0.4, 0.5) is 0 Å². The van der Waals surface area contributed by atoms with Gasteiger partial charge in [0.2, 0.25) is 12.2 Å².